The quantitative estimate of drug-likeness (QED) is 0.447. The zero-order chi connectivity index (χ0) is 21.3. The van der Waals surface area contributed by atoms with Gasteiger partial charge in [0.2, 0.25) is 0 Å². The van der Waals surface area contributed by atoms with Gasteiger partial charge in [0.25, 0.3) is 17.5 Å². The first-order chi connectivity index (χ1) is 14.4. The molecule has 0 unspecified atom stereocenters. The molecule has 1 heterocycles. The van der Waals surface area contributed by atoms with Gasteiger partial charge in [-0.3, -0.25) is 24.6 Å². The molecule has 0 spiro atoms. The Morgan fingerprint density at radius 3 is 2.17 bits per heavy atom. The lowest BCUT2D eigenvalue weighted by Gasteiger charge is -2.29. The van der Waals surface area contributed by atoms with Gasteiger partial charge in [-0.25, -0.2) is 4.79 Å². The van der Waals surface area contributed by atoms with Crippen LogP contribution >= 0.6 is 0 Å². The number of nitro benzene ring substituents is 1. The zero-order valence-corrected chi connectivity index (χ0v) is 16.1. The Hall–Kier alpha value is -3.75. The van der Waals surface area contributed by atoms with E-state index < -0.39 is 11.0 Å². The Labute approximate surface area is 172 Å². The maximum atomic E-state index is 12.8. The zero-order valence-electron chi connectivity index (χ0n) is 16.1. The molecule has 2 aliphatic rings. The third-order valence-electron chi connectivity index (χ3n) is 5.45. The monoisotopic (exact) mass is 408 g/mol. The number of nitrogens with one attached hydrogen (secondary N) is 2. The highest BCUT2D eigenvalue weighted by molar-refractivity contribution is 6.22. The van der Waals surface area contributed by atoms with Gasteiger partial charge in [-0.05, 0) is 43.2 Å². The van der Waals surface area contributed by atoms with Crippen molar-refractivity contribution in [3.8, 4) is 0 Å². The summed E-state index contributed by atoms with van der Waals surface area (Å²) in [5.41, 5.74) is 1.32. The number of nitrogens with zero attached hydrogens (tertiary/aromatic N) is 2. The average molecular weight is 408 g/mol. The number of urea groups is 1. The molecule has 2 aromatic rings. The van der Waals surface area contributed by atoms with E-state index >= 15 is 0 Å². The van der Waals surface area contributed by atoms with Crippen molar-refractivity contribution in [3.63, 3.8) is 0 Å². The molecule has 1 aliphatic carbocycles. The van der Waals surface area contributed by atoms with Gasteiger partial charge >= 0.3 is 6.03 Å². The van der Waals surface area contributed by atoms with Gasteiger partial charge in [0.1, 0.15) is 0 Å². The molecule has 4 rings (SSSR count). The number of anilines is 2. The van der Waals surface area contributed by atoms with Crippen molar-refractivity contribution in [3.05, 3.63) is 63.7 Å². The summed E-state index contributed by atoms with van der Waals surface area (Å²) in [5.74, 6) is -0.592. The van der Waals surface area contributed by atoms with Crippen molar-refractivity contribution >= 4 is 34.9 Å². The highest BCUT2D eigenvalue weighted by atomic mass is 16.6. The molecule has 2 N–H and O–H groups in total. The summed E-state index contributed by atoms with van der Waals surface area (Å²) in [4.78, 5) is 49.3. The van der Waals surface area contributed by atoms with E-state index in [4.69, 9.17) is 0 Å². The first-order valence-corrected chi connectivity index (χ1v) is 9.78. The molecule has 1 aliphatic heterocycles. The standard InChI is InChI=1S/C21H20N4O5/c26-19-17-11-8-14(12-18(17)20(27)24(19)15-4-2-1-3-5-15)23-21(28)22-13-6-9-16(10-7-13)25(29)30/h6-12,15H,1-5H2,(H2,22,23,28). The molecule has 9 heteroatoms. The van der Waals surface area contributed by atoms with E-state index in [1.165, 1.54) is 35.2 Å². The van der Waals surface area contributed by atoms with Crippen LogP contribution in [-0.2, 0) is 0 Å². The molecule has 30 heavy (non-hydrogen) atoms. The molecule has 2 aromatic carbocycles. The predicted octanol–water partition coefficient (Wildman–Crippen LogP) is 4.17. The number of hydrogen-bond acceptors (Lipinski definition) is 5. The number of carbonyl (C=O) groups is 3. The van der Waals surface area contributed by atoms with Crippen molar-refractivity contribution in [2.24, 2.45) is 0 Å². The minimum absolute atomic E-state index is 0.0620. The number of fused-ring (bicyclic) bond motifs is 1. The van der Waals surface area contributed by atoms with E-state index in [-0.39, 0.29) is 23.5 Å². The molecule has 154 valence electrons. The van der Waals surface area contributed by atoms with E-state index in [0.717, 1.165) is 32.1 Å². The molecule has 4 amide bonds. The fraction of sp³-hybridized carbons (Fsp3) is 0.286. The number of amides is 4. The number of benzene rings is 2. The average Bonchev–Trinajstić information content (AvgIpc) is 2.99. The maximum Gasteiger partial charge on any atom is 0.323 e. The van der Waals surface area contributed by atoms with Crippen LogP contribution in [0.5, 0.6) is 0 Å². The molecule has 0 atom stereocenters. The Bertz CT molecular complexity index is 1030. The topological polar surface area (TPSA) is 122 Å². The summed E-state index contributed by atoms with van der Waals surface area (Å²) in [5, 5.41) is 15.9. The molecule has 0 saturated heterocycles. The molecular weight excluding hydrogens is 388 g/mol. The van der Waals surface area contributed by atoms with Crippen LogP contribution in [0.15, 0.2) is 42.5 Å². The summed E-state index contributed by atoms with van der Waals surface area (Å²) in [6.07, 6.45) is 4.79. The van der Waals surface area contributed by atoms with Crippen LogP contribution in [0.25, 0.3) is 0 Å². The number of rotatable bonds is 4. The van der Waals surface area contributed by atoms with Gasteiger partial charge in [0.05, 0.1) is 16.1 Å². The second-order valence-corrected chi connectivity index (χ2v) is 7.42. The summed E-state index contributed by atoms with van der Waals surface area (Å²) < 4.78 is 0. The number of non-ortho nitro benzene ring substituents is 1. The first-order valence-electron chi connectivity index (χ1n) is 9.78. The minimum Gasteiger partial charge on any atom is -0.308 e. The predicted molar refractivity (Wildman–Crippen MR) is 110 cm³/mol. The van der Waals surface area contributed by atoms with Gasteiger partial charge in [-0.1, -0.05) is 19.3 Å². The molecule has 1 fully saturated rings. The smallest absolute Gasteiger partial charge is 0.308 e. The molecule has 0 aromatic heterocycles. The highest BCUT2D eigenvalue weighted by Crippen LogP contribution is 2.32. The molecule has 0 bridgehead atoms. The van der Waals surface area contributed by atoms with Crippen molar-refractivity contribution in [1.29, 1.82) is 0 Å². The Balaban J connectivity index is 1.45. The van der Waals surface area contributed by atoms with Crippen LogP contribution < -0.4 is 10.6 Å². The fourth-order valence-electron chi connectivity index (χ4n) is 3.97. The van der Waals surface area contributed by atoms with Crippen molar-refractivity contribution in [2.75, 3.05) is 10.6 Å². The van der Waals surface area contributed by atoms with Crippen LogP contribution in [0.3, 0.4) is 0 Å². The third-order valence-corrected chi connectivity index (χ3v) is 5.45. The Morgan fingerprint density at radius 2 is 1.50 bits per heavy atom. The van der Waals surface area contributed by atoms with Gasteiger partial charge in [0.15, 0.2) is 0 Å². The van der Waals surface area contributed by atoms with Crippen molar-refractivity contribution < 1.29 is 19.3 Å². The summed E-state index contributed by atoms with van der Waals surface area (Å²) in [6.45, 7) is 0. The van der Waals surface area contributed by atoms with Gasteiger partial charge < -0.3 is 10.6 Å². The van der Waals surface area contributed by atoms with Crippen molar-refractivity contribution in [1.82, 2.24) is 4.90 Å². The van der Waals surface area contributed by atoms with Gasteiger partial charge in [-0.2, -0.15) is 0 Å². The number of hydrogen-bond donors (Lipinski definition) is 2. The Kier molecular flexibility index (Phi) is 5.18. The molecule has 9 nitrogen and oxygen atoms in total. The van der Waals surface area contributed by atoms with Gasteiger partial charge in [0, 0.05) is 29.5 Å². The Morgan fingerprint density at radius 1 is 0.900 bits per heavy atom. The van der Waals surface area contributed by atoms with Gasteiger partial charge in [-0.15, -0.1) is 0 Å². The van der Waals surface area contributed by atoms with Crippen molar-refractivity contribution in [2.45, 2.75) is 38.1 Å². The van der Waals surface area contributed by atoms with Crippen LogP contribution in [0.4, 0.5) is 21.9 Å². The summed E-state index contributed by atoms with van der Waals surface area (Å²) >= 11 is 0. The van der Waals surface area contributed by atoms with Crippen LogP contribution in [-0.4, -0.2) is 33.7 Å². The van der Waals surface area contributed by atoms with E-state index in [1.807, 2.05) is 0 Å². The number of carbonyl (C=O) groups excluding carboxylic acids is 3. The van der Waals surface area contributed by atoms with E-state index in [9.17, 15) is 24.5 Å². The minimum atomic E-state index is -0.565. The van der Waals surface area contributed by atoms with E-state index in [2.05, 4.69) is 10.6 Å². The largest absolute Gasteiger partial charge is 0.323 e. The second kappa shape index (κ2) is 7.94. The molecule has 1 saturated carbocycles. The van der Waals surface area contributed by atoms with E-state index in [1.54, 1.807) is 12.1 Å². The fourth-order valence-corrected chi connectivity index (χ4v) is 3.97. The summed E-state index contributed by atoms with van der Waals surface area (Å²) in [7, 11) is 0. The second-order valence-electron chi connectivity index (χ2n) is 7.42. The molecule has 0 radical (unpaired) electrons. The highest BCUT2D eigenvalue weighted by Gasteiger charge is 2.40. The van der Waals surface area contributed by atoms with E-state index in [0.29, 0.717) is 22.5 Å². The maximum absolute atomic E-state index is 12.8. The first kappa shape index (κ1) is 19.6. The van der Waals surface area contributed by atoms with Crippen LogP contribution in [0, 0.1) is 10.1 Å². The van der Waals surface area contributed by atoms with Crippen LogP contribution in [0.2, 0.25) is 0 Å². The third kappa shape index (κ3) is 3.73. The number of nitro groups is 1. The lowest BCUT2D eigenvalue weighted by atomic mass is 9.94. The lowest BCUT2D eigenvalue weighted by Crippen LogP contribution is -2.40. The normalized spacial score (nSPS) is 16.3. The van der Waals surface area contributed by atoms with Crippen LogP contribution in [0.1, 0.15) is 52.8 Å². The number of imide groups is 1. The lowest BCUT2D eigenvalue weighted by molar-refractivity contribution is -0.384. The summed E-state index contributed by atoms with van der Waals surface area (Å²) in [6, 6.07) is 9.43. The molecular formula is C21H20N4O5. The SMILES string of the molecule is O=C(Nc1ccc([N+](=O)[O-])cc1)Nc1ccc2c(c1)C(=O)N(C1CCCCC1)C2=O.